The lowest BCUT2D eigenvalue weighted by molar-refractivity contribution is -0.113. The van der Waals surface area contributed by atoms with E-state index in [0.717, 1.165) is 42.0 Å². The summed E-state index contributed by atoms with van der Waals surface area (Å²) in [5.74, 6) is 2.56. The lowest BCUT2D eigenvalue weighted by Crippen LogP contribution is -2.31. The van der Waals surface area contributed by atoms with E-state index in [1.165, 1.54) is 5.56 Å². The summed E-state index contributed by atoms with van der Waals surface area (Å²) < 4.78 is 13.7. The number of allylic oxidation sites excluding steroid dienone is 1. The summed E-state index contributed by atoms with van der Waals surface area (Å²) in [7, 11) is 1.62. The Balaban J connectivity index is 1.46. The van der Waals surface area contributed by atoms with Gasteiger partial charge in [-0.05, 0) is 48.7 Å². The number of amides is 1. The van der Waals surface area contributed by atoms with Crippen LogP contribution in [0, 0.1) is 0 Å². The van der Waals surface area contributed by atoms with Gasteiger partial charge in [-0.2, -0.15) is 4.98 Å². The summed E-state index contributed by atoms with van der Waals surface area (Å²) in [4.78, 5) is 18.5. The van der Waals surface area contributed by atoms with E-state index in [1.807, 2.05) is 73.7 Å². The minimum atomic E-state index is -0.518. The topological polar surface area (TPSA) is 90.3 Å². The summed E-state index contributed by atoms with van der Waals surface area (Å²) in [6.07, 6.45) is 2.97. The quantitative estimate of drug-likeness (QED) is 0.144. The molecule has 4 aromatic rings. The van der Waals surface area contributed by atoms with Gasteiger partial charge in [0.15, 0.2) is 11.5 Å². The lowest BCUT2D eigenvalue weighted by Gasteiger charge is -2.29. The molecule has 212 valence electrons. The Labute approximate surface area is 245 Å². The SMILES string of the molecule is CCCCSc1nc2n(n1)C(c1ccc(OCCc3ccccc3)c(OC)c1)C(C(=O)Nc1ccccc1)=C(C)N2. The Kier molecular flexibility index (Phi) is 9.26. The molecule has 3 aromatic carbocycles. The standard InChI is InChI=1S/C32H35N5O3S/c1-4-5-20-41-32-35-31-33-22(2)28(30(38)34-25-14-10-7-11-15-25)29(37(31)36-32)24-16-17-26(27(21-24)39-3)40-19-18-23-12-8-6-9-13-23/h6-17,21,29H,4-5,18-20H2,1-3H3,(H,34,38)(H,33,35,36). The monoisotopic (exact) mass is 569 g/mol. The average Bonchev–Trinajstić information content (AvgIpc) is 3.40. The molecule has 0 radical (unpaired) electrons. The Morgan fingerprint density at radius 3 is 2.54 bits per heavy atom. The average molecular weight is 570 g/mol. The summed E-state index contributed by atoms with van der Waals surface area (Å²) in [5, 5.41) is 11.9. The number of fused-ring (bicyclic) bond motifs is 1. The van der Waals surface area contributed by atoms with Gasteiger partial charge in [-0.3, -0.25) is 4.79 Å². The number of rotatable bonds is 12. The van der Waals surface area contributed by atoms with Crippen molar-refractivity contribution in [2.24, 2.45) is 0 Å². The van der Waals surface area contributed by atoms with Gasteiger partial charge in [0.1, 0.15) is 6.04 Å². The molecule has 2 heterocycles. The van der Waals surface area contributed by atoms with Crippen LogP contribution in [-0.4, -0.2) is 40.1 Å². The van der Waals surface area contributed by atoms with Gasteiger partial charge in [0.05, 0.1) is 19.3 Å². The van der Waals surface area contributed by atoms with Gasteiger partial charge in [0.2, 0.25) is 11.1 Å². The van der Waals surface area contributed by atoms with Crippen molar-refractivity contribution in [2.45, 2.75) is 44.3 Å². The number of methoxy groups -OCH3 is 1. The number of nitrogens with zero attached hydrogens (tertiary/aromatic N) is 3. The molecule has 1 aliphatic rings. The molecular formula is C32H35N5O3S. The number of benzene rings is 3. The van der Waals surface area contributed by atoms with E-state index >= 15 is 0 Å². The van der Waals surface area contributed by atoms with Crippen LogP contribution in [-0.2, 0) is 11.2 Å². The van der Waals surface area contributed by atoms with Crippen LogP contribution in [0.4, 0.5) is 11.6 Å². The van der Waals surface area contributed by atoms with Crippen molar-refractivity contribution in [2.75, 3.05) is 30.1 Å². The Bertz CT molecular complexity index is 1500. The maximum atomic E-state index is 13.8. The van der Waals surface area contributed by atoms with Gasteiger partial charge in [-0.15, -0.1) is 5.10 Å². The first kappa shape index (κ1) is 28.3. The highest BCUT2D eigenvalue weighted by molar-refractivity contribution is 7.99. The molecule has 0 fully saturated rings. The maximum absolute atomic E-state index is 13.8. The number of hydrogen-bond donors (Lipinski definition) is 2. The molecule has 5 rings (SSSR count). The number of unbranched alkanes of at least 4 members (excludes halogenated alkanes) is 1. The molecule has 2 N–H and O–H groups in total. The van der Waals surface area contributed by atoms with Gasteiger partial charge >= 0.3 is 0 Å². The van der Waals surface area contributed by atoms with Crippen LogP contribution in [0.25, 0.3) is 0 Å². The molecule has 0 aliphatic carbocycles. The molecule has 0 spiro atoms. The third kappa shape index (κ3) is 6.74. The van der Waals surface area contributed by atoms with Crippen LogP contribution in [0.15, 0.2) is 95.3 Å². The van der Waals surface area contributed by atoms with Crippen LogP contribution in [0.2, 0.25) is 0 Å². The molecule has 0 bridgehead atoms. The van der Waals surface area contributed by atoms with Crippen molar-refractivity contribution < 1.29 is 14.3 Å². The summed E-state index contributed by atoms with van der Waals surface area (Å²) >= 11 is 1.62. The highest BCUT2D eigenvalue weighted by Crippen LogP contribution is 2.40. The normalized spacial score (nSPS) is 14.3. The van der Waals surface area contributed by atoms with Crippen LogP contribution in [0.3, 0.4) is 0 Å². The Morgan fingerprint density at radius 1 is 1.05 bits per heavy atom. The van der Waals surface area contributed by atoms with Gasteiger partial charge in [0.25, 0.3) is 5.91 Å². The molecule has 1 amide bonds. The van der Waals surface area contributed by atoms with Gasteiger partial charge in [-0.25, -0.2) is 4.68 Å². The summed E-state index contributed by atoms with van der Waals surface area (Å²) in [6, 6.07) is 24.9. The zero-order valence-corrected chi connectivity index (χ0v) is 24.4. The number of nitrogens with one attached hydrogen (secondary N) is 2. The number of anilines is 2. The van der Waals surface area contributed by atoms with Crippen molar-refractivity contribution in [1.29, 1.82) is 0 Å². The minimum absolute atomic E-state index is 0.213. The first-order valence-electron chi connectivity index (χ1n) is 13.9. The van der Waals surface area contributed by atoms with Gasteiger partial charge < -0.3 is 20.1 Å². The van der Waals surface area contributed by atoms with E-state index < -0.39 is 6.04 Å². The second-order valence-corrected chi connectivity index (χ2v) is 10.8. The Morgan fingerprint density at radius 2 is 1.80 bits per heavy atom. The second-order valence-electron chi connectivity index (χ2n) is 9.75. The molecule has 1 atom stereocenters. The number of ether oxygens (including phenoxy) is 2. The summed E-state index contributed by atoms with van der Waals surface area (Å²) in [6.45, 7) is 4.58. The van der Waals surface area contributed by atoms with Crippen molar-refractivity contribution in [3.8, 4) is 11.5 Å². The highest BCUT2D eigenvalue weighted by atomic mass is 32.2. The number of thioether (sulfide) groups is 1. The van der Waals surface area contributed by atoms with Crippen LogP contribution >= 0.6 is 11.8 Å². The molecule has 41 heavy (non-hydrogen) atoms. The third-order valence-corrected chi connectivity index (χ3v) is 7.76. The van der Waals surface area contributed by atoms with Gasteiger partial charge in [0, 0.05) is 23.6 Å². The van der Waals surface area contributed by atoms with E-state index in [1.54, 1.807) is 23.6 Å². The molecule has 1 aliphatic heterocycles. The first-order chi connectivity index (χ1) is 20.1. The maximum Gasteiger partial charge on any atom is 0.255 e. The highest BCUT2D eigenvalue weighted by Gasteiger charge is 2.35. The smallest absolute Gasteiger partial charge is 0.255 e. The minimum Gasteiger partial charge on any atom is -0.493 e. The second kappa shape index (κ2) is 13.4. The van der Waals surface area contributed by atoms with Crippen LogP contribution in [0.1, 0.15) is 43.9 Å². The molecule has 1 unspecified atom stereocenters. The predicted molar refractivity (Wildman–Crippen MR) is 164 cm³/mol. The van der Waals surface area contributed by atoms with E-state index in [0.29, 0.717) is 34.8 Å². The molecule has 0 saturated heterocycles. The van der Waals surface area contributed by atoms with Crippen molar-refractivity contribution in [3.63, 3.8) is 0 Å². The number of carbonyl (C=O) groups is 1. The van der Waals surface area contributed by atoms with E-state index in [-0.39, 0.29) is 5.91 Å². The summed E-state index contributed by atoms with van der Waals surface area (Å²) in [5.41, 5.74) is 4.04. The fourth-order valence-electron chi connectivity index (χ4n) is 4.72. The third-order valence-electron chi connectivity index (χ3n) is 6.83. The van der Waals surface area contributed by atoms with Crippen LogP contribution < -0.4 is 20.1 Å². The van der Waals surface area contributed by atoms with Crippen LogP contribution in [0.5, 0.6) is 11.5 Å². The van der Waals surface area contributed by atoms with E-state index in [9.17, 15) is 4.79 Å². The van der Waals surface area contributed by atoms with Crippen molar-refractivity contribution >= 4 is 29.3 Å². The molecular weight excluding hydrogens is 534 g/mol. The molecule has 8 nitrogen and oxygen atoms in total. The molecule has 9 heteroatoms. The van der Waals surface area contributed by atoms with E-state index in [4.69, 9.17) is 19.6 Å². The number of para-hydroxylation sites is 1. The van der Waals surface area contributed by atoms with Crippen molar-refractivity contribution in [1.82, 2.24) is 14.8 Å². The molecule has 1 aromatic heterocycles. The fraction of sp³-hybridized carbons (Fsp3) is 0.281. The molecule has 0 saturated carbocycles. The number of hydrogen-bond acceptors (Lipinski definition) is 7. The lowest BCUT2D eigenvalue weighted by atomic mass is 9.94. The fourth-order valence-corrected chi connectivity index (χ4v) is 5.63. The number of aromatic nitrogens is 3. The van der Waals surface area contributed by atoms with Gasteiger partial charge in [-0.1, -0.05) is 79.7 Å². The predicted octanol–water partition coefficient (Wildman–Crippen LogP) is 6.73. The number of carbonyl (C=O) groups excluding carboxylic acids is 1. The zero-order valence-electron chi connectivity index (χ0n) is 23.6. The first-order valence-corrected chi connectivity index (χ1v) is 14.8. The zero-order chi connectivity index (χ0) is 28.6. The largest absolute Gasteiger partial charge is 0.493 e. The van der Waals surface area contributed by atoms with Crippen molar-refractivity contribution in [3.05, 3.63) is 101 Å². The Hall–Kier alpha value is -4.24. The van der Waals surface area contributed by atoms with E-state index in [2.05, 4.69) is 29.7 Å².